The Morgan fingerprint density at radius 1 is 1.00 bits per heavy atom. The van der Waals surface area contributed by atoms with Crippen LogP contribution < -0.4 is 5.32 Å². The van der Waals surface area contributed by atoms with Crippen LogP contribution in [0.1, 0.15) is 32.1 Å². The predicted octanol–water partition coefficient (Wildman–Crippen LogP) is 4.42. The minimum absolute atomic E-state index is 0.227. The summed E-state index contributed by atoms with van der Waals surface area (Å²) < 4.78 is 5.22. The zero-order chi connectivity index (χ0) is 22.2. The fourth-order valence-electron chi connectivity index (χ4n) is 4.77. The first-order valence-electron chi connectivity index (χ1n) is 11.9. The molecule has 172 valence electrons. The van der Waals surface area contributed by atoms with Crippen molar-refractivity contribution in [3.8, 4) is 16.9 Å². The highest BCUT2D eigenvalue weighted by molar-refractivity contribution is 5.96. The van der Waals surface area contributed by atoms with Gasteiger partial charge in [0.2, 0.25) is 0 Å². The molecule has 0 spiro atoms. The second kappa shape index (κ2) is 11.3. The van der Waals surface area contributed by atoms with Crippen LogP contribution in [0.4, 0.5) is 5.69 Å². The smallest absolute Gasteiger partial charge is 0.198 e. The largest absolute Gasteiger partial charge is 0.506 e. The average molecular weight is 437 g/mol. The molecule has 1 saturated heterocycles. The second-order valence-corrected chi connectivity index (χ2v) is 8.74. The van der Waals surface area contributed by atoms with Crippen LogP contribution in [-0.2, 0) is 4.74 Å². The van der Waals surface area contributed by atoms with E-state index >= 15 is 0 Å². The molecular weight excluding hydrogens is 400 g/mol. The molecule has 1 aliphatic heterocycles. The van der Waals surface area contributed by atoms with E-state index in [1.807, 2.05) is 30.3 Å². The van der Waals surface area contributed by atoms with Crippen molar-refractivity contribution in [1.82, 2.24) is 9.80 Å². The number of methoxy groups -OCH3 is 1. The number of guanidine groups is 1. The van der Waals surface area contributed by atoms with Crippen LogP contribution in [0, 0.1) is 0 Å². The molecule has 2 fully saturated rings. The molecule has 0 radical (unpaired) electrons. The third-order valence-corrected chi connectivity index (χ3v) is 6.61. The number of nitrogens with zero attached hydrogens (tertiary/aromatic N) is 3. The molecule has 0 amide bonds. The fraction of sp³-hybridized carbons (Fsp3) is 0.500. The first-order chi connectivity index (χ1) is 15.7. The summed E-state index contributed by atoms with van der Waals surface area (Å²) in [4.78, 5) is 9.76. The number of rotatable bonds is 6. The lowest BCUT2D eigenvalue weighted by Crippen LogP contribution is -2.53. The first-order valence-corrected chi connectivity index (χ1v) is 11.9. The van der Waals surface area contributed by atoms with Crippen molar-refractivity contribution in [2.24, 2.45) is 4.99 Å². The Kier molecular flexibility index (Phi) is 8.02. The SMILES string of the molecule is COCCN=C(Nc1cc(-c2ccccc2)ccc1O)N1CCN(C2CCCCC2)CC1. The number of nitrogens with one attached hydrogen (secondary N) is 1. The van der Waals surface area contributed by atoms with Crippen LogP contribution in [0.15, 0.2) is 53.5 Å². The number of hydrogen-bond acceptors (Lipinski definition) is 4. The van der Waals surface area contributed by atoms with Crippen LogP contribution in [0.2, 0.25) is 0 Å². The van der Waals surface area contributed by atoms with Gasteiger partial charge < -0.3 is 20.1 Å². The van der Waals surface area contributed by atoms with Crippen LogP contribution in [0.25, 0.3) is 11.1 Å². The molecule has 1 heterocycles. The lowest BCUT2D eigenvalue weighted by Gasteiger charge is -2.41. The van der Waals surface area contributed by atoms with Gasteiger partial charge in [0.15, 0.2) is 5.96 Å². The van der Waals surface area contributed by atoms with E-state index in [-0.39, 0.29) is 5.75 Å². The molecule has 2 aromatic carbocycles. The van der Waals surface area contributed by atoms with Crippen LogP contribution in [0.3, 0.4) is 0 Å². The van der Waals surface area contributed by atoms with Crippen molar-refractivity contribution >= 4 is 11.6 Å². The Bertz CT molecular complexity index is 873. The average Bonchev–Trinajstić information content (AvgIpc) is 2.86. The van der Waals surface area contributed by atoms with Gasteiger partial charge in [0.05, 0.1) is 18.8 Å². The summed E-state index contributed by atoms with van der Waals surface area (Å²) >= 11 is 0. The van der Waals surface area contributed by atoms with Gasteiger partial charge in [-0.05, 0) is 36.1 Å². The molecule has 0 bridgehead atoms. The zero-order valence-corrected chi connectivity index (χ0v) is 19.2. The number of hydrogen-bond donors (Lipinski definition) is 2. The molecule has 6 heteroatoms. The summed E-state index contributed by atoms with van der Waals surface area (Å²) in [6.45, 7) is 5.16. The van der Waals surface area contributed by atoms with Crippen molar-refractivity contribution in [3.05, 3.63) is 48.5 Å². The summed E-state index contributed by atoms with van der Waals surface area (Å²) in [5.41, 5.74) is 2.86. The molecular formula is C26H36N4O2. The third-order valence-electron chi connectivity index (χ3n) is 6.61. The maximum absolute atomic E-state index is 10.5. The Morgan fingerprint density at radius 3 is 2.47 bits per heavy atom. The standard InChI is InChI=1S/C26H36N4O2/c1-32-19-14-27-26(30-17-15-29(16-18-30)23-10-6-3-7-11-23)28-24-20-22(12-13-25(24)31)21-8-4-2-5-9-21/h2,4-5,8-9,12-13,20,23,31H,3,6-7,10-11,14-19H2,1H3,(H,27,28). The number of aliphatic imine (C=N–C) groups is 1. The van der Waals surface area contributed by atoms with E-state index in [9.17, 15) is 5.11 Å². The van der Waals surface area contributed by atoms with Crippen molar-refractivity contribution in [2.45, 2.75) is 38.1 Å². The number of piperazine rings is 1. The topological polar surface area (TPSA) is 60.3 Å². The highest BCUT2D eigenvalue weighted by Gasteiger charge is 2.26. The molecule has 0 unspecified atom stereocenters. The van der Waals surface area contributed by atoms with E-state index in [0.29, 0.717) is 18.8 Å². The van der Waals surface area contributed by atoms with Crippen molar-refractivity contribution in [1.29, 1.82) is 0 Å². The summed E-state index contributed by atoms with van der Waals surface area (Å²) in [5, 5.41) is 14.0. The van der Waals surface area contributed by atoms with Gasteiger partial charge in [0.1, 0.15) is 5.75 Å². The van der Waals surface area contributed by atoms with Gasteiger partial charge in [-0.1, -0.05) is 55.7 Å². The summed E-state index contributed by atoms with van der Waals surface area (Å²) in [6.07, 6.45) is 6.81. The molecule has 0 aromatic heterocycles. The molecule has 1 aliphatic carbocycles. The molecule has 32 heavy (non-hydrogen) atoms. The fourth-order valence-corrected chi connectivity index (χ4v) is 4.77. The van der Waals surface area contributed by atoms with Gasteiger partial charge in [-0.25, -0.2) is 0 Å². The monoisotopic (exact) mass is 436 g/mol. The molecule has 1 saturated carbocycles. The van der Waals surface area contributed by atoms with Gasteiger partial charge in [0, 0.05) is 39.3 Å². The lowest BCUT2D eigenvalue weighted by molar-refractivity contribution is 0.107. The quantitative estimate of drug-likeness (QED) is 0.304. The Labute approximate surface area is 191 Å². The van der Waals surface area contributed by atoms with E-state index < -0.39 is 0 Å². The molecule has 2 aromatic rings. The van der Waals surface area contributed by atoms with Gasteiger partial charge in [-0.2, -0.15) is 0 Å². The van der Waals surface area contributed by atoms with Crippen molar-refractivity contribution < 1.29 is 9.84 Å². The maximum atomic E-state index is 10.5. The molecule has 4 rings (SSSR count). The summed E-state index contributed by atoms with van der Waals surface area (Å²) in [7, 11) is 1.70. The highest BCUT2D eigenvalue weighted by atomic mass is 16.5. The Balaban J connectivity index is 1.47. The second-order valence-electron chi connectivity index (χ2n) is 8.74. The van der Waals surface area contributed by atoms with E-state index in [2.05, 4.69) is 27.2 Å². The third kappa shape index (κ3) is 5.81. The summed E-state index contributed by atoms with van der Waals surface area (Å²) in [5.74, 6) is 1.04. The predicted molar refractivity (Wildman–Crippen MR) is 131 cm³/mol. The Hall–Kier alpha value is -2.57. The van der Waals surface area contributed by atoms with E-state index in [0.717, 1.165) is 49.3 Å². The minimum Gasteiger partial charge on any atom is -0.506 e. The zero-order valence-electron chi connectivity index (χ0n) is 19.2. The molecule has 0 atom stereocenters. The highest BCUT2D eigenvalue weighted by Crippen LogP contribution is 2.30. The number of anilines is 1. The Morgan fingerprint density at radius 2 is 1.75 bits per heavy atom. The number of phenols is 1. The van der Waals surface area contributed by atoms with Gasteiger partial charge in [-0.15, -0.1) is 0 Å². The van der Waals surface area contributed by atoms with E-state index in [1.165, 1.54) is 32.1 Å². The van der Waals surface area contributed by atoms with Crippen molar-refractivity contribution in [3.63, 3.8) is 0 Å². The van der Waals surface area contributed by atoms with Gasteiger partial charge in [0.25, 0.3) is 0 Å². The summed E-state index contributed by atoms with van der Waals surface area (Å²) in [6, 6.07) is 16.7. The molecule has 2 aliphatic rings. The van der Waals surface area contributed by atoms with Crippen molar-refractivity contribution in [2.75, 3.05) is 51.8 Å². The van der Waals surface area contributed by atoms with E-state index in [4.69, 9.17) is 9.73 Å². The number of phenolic OH excluding ortho intramolecular Hbond substituents is 1. The molecule has 2 N–H and O–H groups in total. The number of ether oxygens (including phenoxy) is 1. The minimum atomic E-state index is 0.227. The lowest BCUT2D eigenvalue weighted by atomic mass is 9.94. The maximum Gasteiger partial charge on any atom is 0.198 e. The van der Waals surface area contributed by atoms with E-state index in [1.54, 1.807) is 13.2 Å². The first kappa shape index (κ1) is 22.6. The van der Waals surface area contributed by atoms with Gasteiger partial charge in [-0.3, -0.25) is 9.89 Å². The van der Waals surface area contributed by atoms with Crippen LogP contribution >= 0.6 is 0 Å². The van der Waals surface area contributed by atoms with Gasteiger partial charge >= 0.3 is 0 Å². The van der Waals surface area contributed by atoms with Crippen LogP contribution in [0.5, 0.6) is 5.75 Å². The number of benzene rings is 2. The number of aromatic hydroxyl groups is 1. The van der Waals surface area contributed by atoms with Crippen LogP contribution in [-0.4, -0.2) is 73.3 Å². The normalized spacial score (nSPS) is 18.7. The molecule has 6 nitrogen and oxygen atoms in total.